The van der Waals surface area contributed by atoms with Crippen molar-refractivity contribution in [3.63, 3.8) is 0 Å². The molecule has 1 heterocycles. The van der Waals surface area contributed by atoms with Gasteiger partial charge >= 0.3 is 0 Å². The second-order valence-corrected chi connectivity index (χ2v) is 4.82. The molecule has 0 aromatic heterocycles. The number of nitrogens with one attached hydrogen (secondary N) is 1. The molecule has 1 aliphatic rings. The summed E-state index contributed by atoms with van der Waals surface area (Å²) in [7, 11) is 0. The molecule has 0 bridgehead atoms. The van der Waals surface area contributed by atoms with E-state index in [1.54, 1.807) is 37.3 Å². The van der Waals surface area contributed by atoms with Crippen molar-refractivity contribution in [2.45, 2.75) is 19.4 Å². The van der Waals surface area contributed by atoms with Gasteiger partial charge in [0.15, 0.2) is 0 Å². The maximum Gasteiger partial charge on any atom is 0.249 e. The average Bonchev–Trinajstić information content (AvgIpc) is 2.85. The zero-order chi connectivity index (χ0) is 16.1. The highest BCUT2D eigenvalue weighted by Crippen LogP contribution is 2.12. The molecule has 0 unspecified atom stereocenters. The Balaban J connectivity index is 2.08. The van der Waals surface area contributed by atoms with Gasteiger partial charge in [0.05, 0.1) is 18.1 Å². The van der Waals surface area contributed by atoms with Crippen molar-refractivity contribution in [2.75, 3.05) is 6.54 Å². The summed E-state index contributed by atoms with van der Waals surface area (Å²) in [5.74, 6) is -1.13. The lowest BCUT2D eigenvalue weighted by molar-refractivity contribution is -0.135. The molecule has 22 heavy (non-hydrogen) atoms. The zero-order valence-electron chi connectivity index (χ0n) is 12.1. The first-order valence-corrected chi connectivity index (χ1v) is 6.87. The van der Waals surface area contributed by atoms with Gasteiger partial charge in [-0.25, -0.2) is 0 Å². The van der Waals surface area contributed by atoms with Crippen molar-refractivity contribution in [1.82, 2.24) is 10.2 Å². The Morgan fingerprint density at radius 2 is 2.09 bits per heavy atom. The Morgan fingerprint density at radius 3 is 2.59 bits per heavy atom. The van der Waals surface area contributed by atoms with E-state index in [0.717, 1.165) is 5.56 Å². The highest BCUT2D eigenvalue weighted by Gasteiger charge is 2.36. The van der Waals surface area contributed by atoms with Crippen LogP contribution in [0.2, 0.25) is 0 Å². The van der Waals surface area contributed by atoms with Crippen molar-refractivity contribution < 1.29 is 14.4 Å². The first kappa shape index (κ1) is 15.4. The van der Waals surface area contributed by atoms with E-state index in [9.17, 15) is 14.4 Å². The Labute approximate surface area is 128 Å². The zero-order valence-corrected chi connectivity index (χ0v) is 12.1. The average molecular weight is 297 g/mol. The molecule has 0 aliphatic carbocycles. The number of benzene rings is 1. The van der Waals surface area contributed by atoms with Crippen molar-refractivity contribution in [2.24, 2.45) is 0 Å². The number of imide groups is 1. The molecule has 2 rings (SSSR count). The first-order chi connectivity index (χ1) is 10.5. The largest absolute Gasteiger partial charge is 0.327 e. The van der Waals surface area contributed by atoms with Crippen LogP contribution in [0.25, 0.3) is 6.08 Å². The second kappa shape index (κ2) is 6.68. The van der Waals surface area contributed by atoms with Crippen LogP contribution < -0.4 is 5.32 Å². The summed E-state index contributed by atoms with van der Waals surface area (Å²) in [4.78, 5) is 36.5. The Kier molecular flexibility index (Phi) is 4.69. The Hall–Kier alpha value is -2.94. The third kappa shape index (κ3) is 3.38. The van der Waals surface area contributed by atoms with Gasteiger partial charge in [-0.05, 0) is 30.7 Å². The lowest BCUT2D eigenvalue weighted by Gasteiger charge is -2.23. The van der Waals surface area contributed by atoms with Crippen molar-refractivity contribution in [3.8, 4) is 6.07 Å². The highest BCUT2D eigenvalue weighted by atomic mass is 16.2. The van der Waals surface area contributed by atoms with Gasteiger partial charge in [0.1, 0.15) is 6.04 Å². The van der Waals surface area contributed by atoms with Gasteiger partial charge in [-0.3, -0.25) is 19.7 Å². The normalized spacial score (nSPS) is 17.4. The summed E-state index contributed by atoms with van der Waals surface area (Å²) in [6, 6.07) is 8.05. The lowest BCUT2D eigenvalue weighted by atomic mass is 10.1. The van der Waals surface area contributed by atoms with E-state index in [0.29, 0.717) is 12.1 Å². The Bertz CT molecular complexity index is 671. The quantitative estimate of drug-likeness (QED) is 0.658. The third-order valence-electron chi connectivity index (χ3n) is 3.40. The Morgan fingerprint density at radius 1 is 1.41 bits per heavy atom. The van der Waals surface area contributed by atoms with Gasteiger partial charge in [-0.1, -0.05) is 12.1 Å². The van der Waals surface area contributed by atoms with E-state index in [-0.39, 0.29) is 18.2 Å². The van der Waals surface area contributed by atoms with Gasteiger partial charge in [0, 0.05) is 12.6 Å². The van der Waals surface area contributed by atoms with E-state index in [1.807, 2.05) is 6.07 Å². The molecule has 0 saturated carbocycles. The molecule has 1 fully saturated rings. The van der Waals surface area contributed by atoms with Crippen LogP contribution in [0.1, 0.15) is 24.5 Å². The SMILES string of the molecule is CCN(C(=O)/C=C/c1ccc(C#N)cc1)[C@@H]1CC(=O)NC1=O. The number of nitriles is 1. The van der Waals surface area contributed by atoms with Gasteiger partial charge < -0.3 is 4.90 Å². The van der Waals surface area contributed by atoms with Crippen LogP contribution in [-0.4, -0.2) is 35.2 Å². The topological polar surface area (TPSA) is 90.3 Å². The number of carbonyl (C=O) groups is 3. The molecule has 1 aromatic carbocycles. The molecule has 1 N–H and O–H groups in total. The number of likely N-dealkylation sites (N-methyl/N-ethyl adjacent to an activating group) is 1. The minimum absolute atomic E-state index is 0.00309. The predicted molar refractivity (Wildman–Crippen MR) is 79.1 cm³/mol. The maximum atomic E-state index is 12.2. The van der Waals surface area contributed by atoms with Crippen molar-refractivity contribution in [1.29, 1.82) is 5.26 Å². The monoisotopic (exact) mass is 297 g/mol. The van der Waals surface area contributed by atoms with Crippen LogP contribution in [0.5, 0.6) is 0 Å². The maximum absolute atomic E-state index is 12.2. The fourth-order valence-electron chi connectivity index (χ4n) is 2.25. The lowest BCUT2D eigenvalue weighted by Crippen LogP contribution is -2.43. The summed E-state index contributed by atoms with van der Waals surface area (Å²) in [6.07, 6.45) is 2.98. The minimum Gasteiger partial charge on any atom is -0.327 e. The van der Waals surface area contributed by atoms with Crippen LogP contribution in [0.3, 0.4) is 0 Å². The molecule has 112 valence electrons. The molecule has 6 nitrogen and oxygen atoms in total. The summed E-state index contributed by atoms with van der Waals surface area (Å²) in [5.41, 5.74) is 1.31. The summed E-state index contributed by atoms with van der Waals surface area (Å²) in [5, 5.41) is 10.9. The molecule has 1 aliphatic heterocycles. The van der Waals surface area contributed by atoms with E-state index in [1.165, 1.54) is 11.0 Å². The number of hydrogen-bond acceptors (Lipinski definition) is 4. The number of nitrogens with zero attached hydrogens (tertiary/aromatic N) is 2. The predicted octanol–water partition coefficient (Wildman–Crippen LogP) is 0.835. The highest BCUT2D eigenvalue weighted by molar-refractivity contribution is 6.07. The minimum atomic E-state index is -0.740. The molecule has 1 atom stereocenters. The van der Waals surface area contributed by atoms with Gasteiger partial charge in [-0.15, -0.1) is 0 Å². The standard InChI is InChI=1S/C16H15N3O3/c1-2-19(13-9-14(20)18-16(13)22)15(21)8-7-11-3-5-12(10-17)6-4-11/h3-8,13H,2,9H2,1H3,(H,18,20,22)/b8-7+/t13-/m1/s1. The number of carbonyl (C=O) groups excluding carboxylic acids is 3. The van der Waals surface area contributed by atoms with Crippen LogP contribution in [-0.2, 0) is 14.4 Å². The number of amides is 3. The smallest absolute Gasteiger partial charge is 0.249 e. The fraction of sp³-hybridized carbons (Fsp3) is 0.250. The van der Waals surface area contributed by atoms with Gasteiger partial charge in [0.2, 0.25) is 17.7 Å². The van der Waals surface area contributed by atoms with Gasteiger partial charge in [0.25, 0.3) is 0 Å². The van der Waals surface area contributed by atoms with Crippen molar-refractivity contribution >= 4 is 23.8 Å². The van der Waals surface area contributed by atoms with Crippen LogP contribution in [0, 0.1) is 11.3 Å². The van der Waals surface area contributed by atoms with Crippen LogP contribution >= 0.6 is 0 Å². The molecular weight excluding hydrogens is 282 g/mol. The summed E-state index contributed by atoms with van der Waals surface area (Å²) in [6.45, 7) is 2.09. The number of rotatable bonds is 4. The molecular formula is C16H15N3O3. The molecule has 3 amide bonds. The fourth-order valence-corrected chi connectivity index (χ4v) is 2.25. The van der Waals surface area contributed by atoms with E-state index in [4.69, 9.17) is 5.26 Å². The van der Waals surface area contributed by atoms with E-state index in [2.05, 4.69) is 5.32 Å². The van der Waals surface area contributed by atoms with Gasteiger partial charge in [-0.2, -0.15) is 5.26 Å². The number of hydrogen-bond donors (Lipinski definition) is 1. The molecule has 1 aromatic rings. The summed E-state index contributed by atoms with van der Waals surface area (Å²) >= 11 is 0. The first-order valence-electron chi connectivity index (χ1n) is 6.87. The molecule has 0 radical (unpaired) electrons. The molecule has 1 saturated heterocycles. The van der Waals surface area contributed by atoms with Crippen molar-refractivity contribution in [3.05, 3.63) is 41.5 Å². The van der Waals surface area contributed by atoms with Crippen LogP contribution in [0.4, 0.5) is 0 Å². The van der Waals surface area contributed by atoms with E-state index < -0.39 is 11.9 Å². The van der Waals surface area contributed by atoms with Crippen LogP contribution in [0.15, 0.2) is 30.3 Å². The molecule has 6 heteroatoms. The third-order valence-corrected chi connectivity index (χ3v) is 3.40. The molecule has 0 spiro atoms. The second-order valence-electron chi connectivity index (χ2n) is 4.82. The van der Waals surface area contributed by atoms with E-state index >= 15 is 0 Å². The summed E-state index contributed by atoms with van der Waals surface area (Å²) < 4.78 is 0.